The number of pyridine rings is 1. The molecule has 3 aromatic rings. The van der Waals surface area contributed by atoms with Crippen LogP contribution in [-0.2, 0) is 6.42 Å². The van der Waals surface area contributed by atoms with Crippen LogP contribution in [-0.4, -0.2) is 21.2 Å². The minimum absolute atomic E-state index is 0.693. The van der Waals surface area contributed by atoms with Crippen LogP contribution in [0.4, 0.5) is 5.69 Å². The van der Waals surface area contributed by atoms with Crippen molar-refractivity contribution in [2.75, 3.05) is 12.3 Å². The molecule has 0 saturated heterocycles. The maximum atomic E-state index is 5.82. The van der Waals surface area contributed by atoms with Gasteiger partial charge in [0.1, 0.15) is 5.75 Å². The third-order valence-electron chi connectivity index (χ3n) is 3.37. The predicted octanol–water partition coefficient (Wildman–Crippen LogP) is 1.91. The van der Waals surface area contributed by atoms with Gasteiger partial charge in [0.25, 0.3) is 0 Å². The summed E-state index contributed by atoms with van der Waals surface area (Å²) < 4.78 is 7.42. The summed E-state index contributed by atoms with van der Waals surface area (Å²) in [6.07, 6.45) is 2.79. The standard InChI is InChI=1S/C14H12N4O/c15-11-2-4-13-16-17-14(18(13)8-11)10-1-3-12-9(7-10)5-6-19-12/h1-4,7-8H,5-6,15H2. The summed E-state index contributed by atoms with van der Waals surface area (Å²) in [5, 5.41) is 8.40. The Balaban J connectivity index is 1.92. The molecule has 5 heteroatoms. The van der Waals surface area contributed by atoms with Gasteiger partial charge in [0.15, 0.2) is 11.5 Å². The highest BCUT2D eigenvalue weighted by atomic mass is 16.5. The van der Waals surface area contributed by atoms with Gasteiger partial charge in [0, 0.05) is 23.9 Å². The van der Waals surface area contributed by atoms with Crippen LogP contribution < -0.4 is 10.5 Å². The number of anilines is 1. The first-order valence-electron chi connectivity index (χ1n) is 6.18. The van der Waals surface area contributed by atoms with Crippen LogP contribution in [0.2, 0.25) is 0 Å². The van der Waals surface area contributed by atoms with E-state index in [2.05, 4.69) is 16.3 Å². The molecule has 1 aromatic carbocycles. The Labute approximate surface area is 109 Å². The molecule has 0 unspecified atom stereocenters. The Morgan fingerprint density at radius 3 is 3.05 bits per heavy atom. The minimum atomic E-state index is 0.693. The molecule has 0 saturated carbocycles. The van der Waals surface area contributed by atoms with E-state index in [4.69, 9.17) is 10.5 Å². The van der Waals surface area contributed by atoms with Gasteiger partial charge in [0.2, 0.25) is 0 Å². The van der Waals surface area contributed by atoms with Crippen LogP contribution in [0.5, 0.6) is 5.75 Å². The highest BCUT2D eigenvalue weighted by Crippen LogP contribution is 2.30. The molecule has 3 heterocycles. The van der Waals surface area contributed by atoms with Crippen molar-refractivity contribution in [1.82, 2.24) is 14.6 Å². The maximum Gasteiger partial charge on any atom is 0.168 e. The number of nitrogen functional groups attached to an aromatic ring is 1. The summed E-state index contributed by atoms with van der Waals surface area (Å²) in [4.78, 5) is 0. The van der Waals surface area contributed by atoms with Crippen LogP contribution in [0.3, 0.4) is 0 Å². The largest absolute Gasteiger partial charge is 0.493 e. The molecule has 0 spiro atoms. The van der Waals surface area contributed by atoms with E-state index in [0.29, 0.717) is 5.69 Å². The maximum absolute atomic E-state index is 5.82. The Bertz CT molecular complexity index is 778. The van der Waals surface area contributed by atoms with Crippen LogP contribution >= 0.6 is 0 Å². The lowest BCUT2D eigenvalue weighted by Crippen LogP contribution is -1.93. The second kappa shape index (κ2) is 3.71. The number of hydrogen-bond acceptors (Lipinski definition) is 4. The number of rotatable bonds is 1. The molecule has 4 rings (SSSR count). The molecule has 0 atom stereocenters. The molecule has 94 valence electrons. The van der Waals surface area contributed by atoms with E-state index in [0.717, 1.165) is 35.8 Å². The first-order chi connectivity index (χ1) is 9.31. The molecule has 2 aromatic heterocycles. The third kappa shape index (κ3) is 1.55. The van der Waals surface area contributed by atoms with E-state index < -0.39 is 0 Å². The summed E-state index contributed by atoms with van der Waals surface area (Å²) in [6.45, 7) is 0.756. The fourth-order valence-electron chi connectivity index (χ4n) is 2.43. The Kier molecular flexibility index (Phi) is 2.03. The Hall–Kier alpha value is -2.56. The van der Waals surface area contributed by atoms with E-state index in [9.17, 15) is 0 Å². The molecule has 1 aliphatic heterocycles. The predicted molar refractivity (Wildman–Crippen MR) is 72.0 cm³/mol. The quantitative estimate of drug-likeness (QED) is 0.718. The lowest BCUT2D eigenvalue weighted by atomic mass is 10.1. The SMILES string of the molecule is Nc1ccc2nnc(-c3ccc4c(c3)CCO4)n2c1. The van der Waals surface area contributed by atoms with Gasteiger partial charge in [-0.15, -0.1) is 10.2 Å². The zero-order valence-corrected chi connectivity index (χ0v) is 10.2. The molecule has 0 fully saturated rings. The van der Waals surface area contributed by atoms with Gasteiger partial charge < -0.3 is 10.5 Å². The topological polar surface area (TPSA) is 65.4 Å². The van der Waals surface area contributed by atoms with Crippen LogP contribution in [0.25, 0.3) is 17.0 Å². The molecular formula is C14H12N4O. The second-order valence-corrected chi connectivity index (χ2v) is 4.64. The van der Waals surface area contributed by atoms with Crippen molar-refractivity contribution in [3.63, 3.8) is 0 Å². The van der Waals surface area contributed by atoms with Gasteiger partial charge in [0.05, 0.1) is 6.61 Å². The molecule has 0 bridgehead atoms. The number of aromatic nitrogens is 3. The van der Waals surface area contributed by atoms with E-state index in [1.807, 2.05) is 34.9 Å². The summed E-state index contributed by atoms with van der Waals surface area (Å²) in [5.74, 6) is 1.77. The van der Waals surface area contributed by atoms with Crippen LogP contribution in [0, 0.1) is 0 Å². The number of ether oxygens (including phenoxy) is 1. The third-order valence-corrected chi connectivity index (χ3v) is 3.37. The van der Waals surface area contributed by atoms with Crippen LogP contribution in [0.15, 0.2) is 36.5 Å². The molecule has 2 N–H and O–H groups in total. The molecule has 0 radical (unpaired) electrons. The fourth-order valence-corrected chi connectivity index (χ4v) is 2.43. The van der Waals surface area contributed by atoms with Crippen molar-refractivity contribution in [3.05, 3.63) is 42.1 Å². The number of hydrogen-bond donors (Lipinski definition) is 1. The lowest BCUT2D eigenvalue weighted by Gasteiger charge is -2.03. The van der Waals surface area contributed by atoms with Crippen molar-refractivity contribution in [2.24, 2.45) is 0 Å². The van der Waals surface area contributed by atoms with E-state index in [1.54, 1.807) is 0 Å². The first-order valence-corrected chi connectivity index (χ1v) is 6.18. The first kappa shape index (κ1) is 10.4. The van der Waals surface area contributed by atoms with E-state index in [-0.39, 0.29) is 0 Å². The van der Waals surface area contributed by atoms with Crippen molar-refractivity contribution in [1.29, 1.82) is 0 Å². The number of benzene rings is 1. The molecule has 0 amide bonds. The number of fused-ring (bicyclic) bond motifs is 2. The monoisotopic (exact) mass is 252 g/mol. The minimum Gasteiger partial charge on any atom is -0.493 e. The van der Waals surface area contributed by atoms with Crippen molar-refractivity contribution in [3.8, 4) is 17.1 Å². The summed E-state index contributed by atoms with van der Waals surface area (Å²) in [7, 11) is 0. The fraction of sp³-hybridized carbons (Fsp3) is 0.143. The zero-order chi connectivity index (χ0) is 12.8. The van der Waals surface area contributed by atoms with Gasteiger partial charge in [-0.3, -0.25) is 4.40 Å². The number of nitrogens with two attached hydrogens (primary N) is 1. The van der Waals surface area contributed by atoms with Gasteiger partial charge in [-0.1, -0.05) is 0 Å². The van der Waals surface area contributed by atoms with Gasteiger partial charge >= 0.3 is 0 Å². The highest BCUT2D eigenvalue weighted by Gasteiger charge is 2.15. The van der Waals surface area contributed by atoms with Crippen LogP contribution in [0.1, 0.15) is 5.56 Å². The van der Waals surface area contributed by atoms with E-state index >= 15 is 0 Å². The Morgan fingerprint density at radius 1 is 1.16 bits per heavy atom. The average molecular weight is 252 g/mol. The van der Waals surface area contributed by atoms with Gasteiger partial charge in [-0.25, -0.2) is 0 Å². The average Bonchev–Trinajstić information content (AvgIpc) is 3.03. The summed E-state index contributed by atoms with van der Waals surface area (Å²) in [6, 6.07) is 9.80. The van der Waals surface area contributed by atoms with Gasteiger partial charge in [-0.2, -0.15) is 0 Å². The Morgan fingerprint density at radius 2 is 2.11 bits per heavy atom. The number of nitrogens with zero attached hydrogens (tertiary/aromatic N) is 3. The summed E-state index contributed by atoms with van der Waals surface area (Å²) in [5.41, 5.74) is 9.56. The second-order valence-electron chi connectivity index (χ2n) is 4.64. The smallest absolute Gasteiger partial charge is 0.168 e. The van der Waals surface area contributed by atoms with Crippen molar-refractivity contribution < 1.29 is 4.74 Å². The molecule has 5 nitrogen and oxygen atoms in total. The van der Waals surface area contributed by atoms with Crippen molar-refractivity contribution >= 4 is 11.3 Å². The summed E-state index contributed by atoms with van der Waals surface area (Å²) >= 11 is 0. The van der Waals surface area contributed by atoms with Crippen molar-refractivity contribution in [2.45, 2.75) is 6.42 Å². The normalized spacial score (nSPS) is 13.5. The van der Waals surface area contributed by atoms with Gasteiger partial charge in [-0.05, 0) is 35.9 Å². The zero-order valence-electron chi connectivity index (χ0n) is 10.2. The van der Waals surface area contributed by atoms with E-state index in [1.165, 1.54) is 5.56 Å². The highest BCUT2D eigenvalue weighted by molar-refractivity contribution is 5.63. The molecule has 1 aliphatic rings. The molecular weight excluding hydrogens is 240 g/mol. The molecule has 19 heavy (non-hydrogen) atoms. The molecule has 0 aliphatic carbocycles. The lowest BCUT2D eigenvalue weighted by molar-refractivity contribution is 0.357.